The van der Waals surface area contributed by atoms with Crippen LogP contribution in [0.4, 0.5) is 0 Å². The quantitative estimate of drug-likeness (QED) is 0.574. The Morgan fingerprint density at radius 2 is 1.77 bits per heavy atom. The predicted molar refractivity (Wildman–Crippen MR) is 119 cm³/mol. The second-order valence-corrected chi connectivity index (χ2v) is 7.93. The van der Waals surface area contributed by atoms with Crippen molar-refractivity contribution in [2.75, 3.05) is 6.61 Å². The molecule has 0 radical (unpaired) electrons. The van der Waals surface area contributed by atoms with Gasteiger partial charge in [0.25, 0.3) is 5.91 Å². The van der Waals surface area contributed by atoms with Crippen molar-refractivity contribution in [3.63, 3.8) is 0 Å². The third-order valence-corrected chi connectivity index (χ3v) is 5.15. The van der Waals surface area contributed by atoms with Crippen molar-refractivity contribution in [3.05, 3.63) is 81.2 Å². The van der Waals surface area contributed by atoms with E-state index >= 15 is 0 Å². The minimum absolute atomic E-state index is 0.147. The first-order valence-electron chi connectivity index (χ1n) is 10.4. The molecule has 162 valence electrons. The normalized spacial score (nSPS) is 12.0. The molecule has 1 N–H and O–H groups in total. The smallest absolute Gasteiger partial charge is 0.374 e. The largest absolute Gasteiger partial charge is 0.450 e. The zero-order valence-corrected chi connectivity index (χ0v) is 18.2. The van der Waals surface area contributed by atoms with Gasteiger partial charge in [-0.2, -0.15) is 0 Å². The number of aryl methyl sites for hydroxylation is 2. The molecule has 1 aromatic heterocycles. The van der Waals surface area contributed by atoms with Crippen molar-refractivity contribution in [2.45, 2.75) is 40.2 Å². The highest BCUT2D eigenvalue weighted by atomic mass is 16.5. The first kappa shape index (κ1) is 22.3. The summed E-state index contributed by atoms with van der Waals surface area (Å²) in [6, 6.07) is 14.1. The molecule has 6 heteroatoms. The number of ether oxygens (including phenoxy) is 1. The molecule has 0 aliphatic carbocycles. The number of benzene rings is 2. The van der Waals surface area contributed by atoms with Gasteiger partial charge in [0.05, 0.1) is 11.4 Å². The van der Waals surface area contributed by atoms with Crippen LogP contribution in [0.5, 0.6) is 0 Å². The molecular weight excluding hydrogens is 394 g/mol. The number of rotatable bonds is 7. The van der Waals surface area contributed by atoms with Crippen LogP contribution < -0.4 is 10.7 Å². The minimum atomic E-state index is -0.858. The molecular formula is C25H27NO5. The maximum absolute atomic E-state index is 12.4. The molecule has 0 aliphatic rings. The average molecular weight is 421 g/mol. The Labute approximate surface area is 181 Å². The van der Waals surface area contributed by atoms with E-state index in [-0.39, 0.29) is 23.1 Å². The fraction of sp³-hybridized carbons (Fsp3) is 0.320. The molecule has 3 aromatic rings. The van der Waals surface area contributed by atoms with Gasteiger partial charge >= 0.3 is 5.97 Å². The molecule has 0 saturated carbocycles. The van der Waals surface area contributed by atoms with E-state index in [1.54, 1.807) is 18.2 Å². The van der Waals surface area contributed by atoms with Crippen molar-refractivity contribution in [1.29, 1.82) is 0 Å². The Balaban J connectivity index is 1.66. The number of hydrogen-bond donors (Lipinski definition) is 1. The molecule has 31 heavy (non-hydrogen) atoms. The van der Waals surface area contributed by atoms with Gasteiger partial charge in [-0.1, -0.05) is 56.7 Å². The summed E-state index contributed by atoms with van der Waals surface area (Å²) in [5.41, 5.74) is 3.08. The van der Waals surface area contributed by atoms with Crippen LogP contribution in [-0.2, 0) is 16.0 Å². The van der Waals surface area contributed by atoms with Gasteiger partial charge in [0.1, 0.15) is 5.58 Å². The van der Waals surface area contributed by atoms with Crippen molar-refractivity contribution < 1.29 is 18.7 Å². The molecule has 1 amide bonds. The van der Waals surface area contributed by atoms with E-state index in [0.29, 0.717) is 11.0 Å². The monoisotopic (exact) mass is 421 g/mol. The van der Waals surface area contributed by atoms with Crippen LogP contribution in [0, 0.1) is 12.8 Å². The van der Waals surface area contributed by atoms with Gasteiger partial charge in [-0.05, 0) is 42.5 Å². The second-order valence-electron chi connectivity index (χ2n) is 7.93. The second kappa shape index (κ2) is 9.60. The summed E-state index contributed by atoms with van der Waals surface area (Å²) in [6.07, 6.45) is 0.944. The van der Waals surface area contributed by atoms with Gasteiger partial charge in [0, 0.05) is 6.07 Å². The molecule has 0 spiro atoms. The van der Waals surface area contributed by atoms with Crippen molar-refractivity contribution in [1.82, 2.24) is 5.32 Å². The zero-order chi connectivity index (χ0) is 22.5. The first-order chi connectivity index (χ1) is 14.8. The van der Waals surface area contributed by atoms with E-state index in [1.807, 2.05) is 45.0 Å². The van der Waals surface area contributed by atoms with E-state index in [0.717, 1.165) is 23.6 Å². The molecule has 0 aliphatic heterocycles. The summed E-state index contributed by atoms with van der Waals surface area (Å²) < 4.78 is 10.6. The van der Waals surface area contributed by atoms with Gasteiger partial charge < -0.3 is 14.5 Å². The third-order valence-electron chi connectivity index (χ3n) is 5.15. The number of hydrogen-bond acceptors (Lipinski definition) is 5. The molecule has 6 nitrogen and oxygen atoms in total. The Bertz CT molecular complexity index is 1140. The van der Waals surface area contributed by atoms with Crippen molar-refractivity contribution in [2.24, 2.45) is 5.92 Å². The number of fused-ring (bicyclic) bond motifs is 1. The van der Waals surface area contributed by atoms with Gasteiger partial charge in [-0.25, -0.2) is 4.79 Å². The highest BCUT2D eigenvalue weighted by Gasteiger charge is 2.20. The Kier molecular flexibility index (Phi) is 6.90. The summed E-state index contributed by atoms with van der Waals surface area (Å²) in [6.45, 7) is 7.50. The lowest BCUT2D eigenvalue weighted by molar-refractivity contribution is -0.125. The maximum atomic E-state index is 12.4. The summed E-state index contributed by atoms with van der Waals surface area (Å²) in [7, 11) is 0. The molecule has 1 heterocycles. The Morgan fingerprint density at radius 1 is 1.06 bits per heavy atom. The molecule has 2 aromatic carbocycles. The SMILES string of the molecule is CCc1ccc([C@H](NC(=O)COC(=O)c2cc(=O)c3cc(C)ccc3o2)C(C)C)cc1. The average Bonchev–Trinajstić information content (AvgIpc) is 2.76. The summed E-state index contributed by atoms with van der Waals surface area (Å²) in [5, 5.41) is 3.31. The summed E-state index contributed by atoms with van der Waals surface area (Å²) in [5.74, 6) is -1.37. The number of nitrogens with one attached hydrogen (secondary N) is 1. The molecule has 3 rings (SSSR count). The fourth-order valence-electron chi connectivity index (χ4n) is 3.38. The van der Waals surface area contributed by atoms with E-state index < -0.39 is 18.5 Å². The highest BCUT2D eigenvalue weighted by Crippen LogP contribution is 2.22. The maximum Gasteiger partial charge on any atom is 0.374 e. The van der Waals surface area contributed by atoms with Crippen LogP contribution in [0.3, 0.4) is 0 Å². The van der Waals surface area contributed by atoms with Crippen LogP contribution in [-0.4, -0.2) is 18.5 Å². The van der Waals surface area contributed by atoms with Crippen LogP contribution in [0.1, 0.15) is 54.1 Å². The summed E-state index contributed by atoms with van der Waals surface area (Å²) in [4.78, 5) is 37.0. The number of esters is 1. The molecule has 0 unspecified atom stereocenters. The number of carbonyl (C=O) groups excluding carboxylic acids is 2. The number of carbonyl (C=O) groups is 2. The predicted octanol–water partition coefficient (Wildman–Crippen LogP) is 4.33. The topological polar surface area (TPSA) is 85.6 Å². The first-order valence-corrected chi connectivity index (χ1v) is 10.4. The molecule has 0 saturated heterocycles. The third kappa shape index (κ3) is 5.40. The van der Waals surface area contributed by atoms with Crippen molar-refractivity contribution >= 4 is 22.8 Å². The zero-order valence-electron chi connectivity index (χ0n) is 18.2. The van der Waals surface area contributed by atoms with E-state index in [4.69, 9.17) is 9.15 Å². The Morgan fingerprint density at radius 3 is 2.42 bits per heavy atom. The fourth-order valence-corrected chi connectivity index (χ4v) is 3.38. The lowest BCUT2D eigenvalue weighted by Crippen LogP contribution is -2.35. The standard InChI is InChI=1S/C25H27NO5/c1-5-17-7-9-18(10-8-17)24(15(2)3)26-23(28)14-30-25(29)22-13-20(27)19-12-16(4)6-11-21(19)31-22/h6-13,15,24H,5,14H2,1-4H3,(H,26,28)/t24-/m1/s1. The molecule has 0 bridgehead atoms. The molecule has 0 fully saturated rings. The lowest BCUT2D eigenvalue weighted by atomic mass is 9.95. The van der Waals surface area contributed by atoms with Crippen molar-refractivity contribution in [3.8, 4) is 0 Å². The van der Waals surface area contributed by atoms with Crippen LogP contribution >= 0.6 is 0 Å². The Hall–Kier alpha value is -3.41. The van der Waals surface area contributed by atoms with E-state index in [9.17, 15) is 14.4 Å². The minimum Gasteiger partial charge on any atom is -0.450 e. The number of amides is 1. The van der Waals surface area contributed by atoms with Crippen LogP contribution in [0.2, 0.25) is 0 Å². The van der Waals surface area contributed by atoms with Gasteiger partial charge in [0.15, 0.2) is 12.0 Å². The van der Waals surface area contributed by atoms with Gasteiger partial charge in [-0.3, -0.25) is 9.59 Å². The van der Waals surface area contributed by atoms with Crippen LogP contribution in [0.15, 0.2) is 57.7 Å². The van der Waals surface area contributed by atoms with E-state index in [2.05, 4.69) is 12.2 Å². The van der Waals surface area contributed by atoms with Crippen LogP contribution in [0.25, 0.3) is 11.0 Å². The summed E-state index contributed by atoms with van der Waals surface area (Å²) >= 11 is 0. The lowest BCUT2D eigenvalue weighted by Gasteiger charge is -2.23. The van der Waals surface area contributed by atoms with Gasteiger partial charge in [-0.15, -0.1) is 0 Å². The van der Waals surface area contributed by atoms with Gasteiger partial charge in [0.2, 0.25) is 5.76 Å². The van der Waals surface area contributed by atoms with E-state index in [1.165, 1.54) is 5.56 Å². The molecule has 1 atom stereocenters. The highest BCUT2D eigenvalue weighted by molar-refractivity contribution is 5.90.